The average molecular weight is 259 g/mol. The number of urea groups is 1. The van der Waals surface area contributed by atoms with Crippen LogP contribution in [0.15, 0.2) is 0 Å². The first kappa shape index (κ1) is 16.7. The molecule has 0 aliphatic carbocycles. The number of nitrogens with zero attached hydrogens (tertiary/aromatic N) is 1. The molecule has 0 bridgehead atoms. The molecule has 2 unspecified atom stereocenters. The molecule has 0 fully saturated rings. The molecular formula is C12H25N3O3. The third-order valence-corrected chi connectivity index (χ3v) is 2.75. The maximum absolute atomic E-state index is 11.6. The first-order valence-electron chi connectivity index (χ1n) is 6.17. The smallest absolute Gasteiger partial charge is 0.326 e. The fourth-order valence-electron chi connectivity index (χ4n) is 1.33. The minimum absolute atomic E-state index is 0.198. The number of carboxylic acids is 1. The standard InChI is InChI=1S/C12H25N3O3/c1-8(2)6-10(11(16)17)14-12(18)13-7-9(3)15(4)5/h8-10H,6-7H2,1-5H3,(H,16,17)(H2,13,14,18). The Morgan fingerprint density at radius 2 is 1.78 bits per heavy atom. The van der Waals surface area contributed by atoms with Crippen LogP contribution in [0.5, 0.6) is 0 Å². The van der Waals surface area contributed by atoms with Gasteiger partial charge in [0.25, 0.3) is 0 Å². The van der Waals surface area contributed by atoms with Crippen LogP contribution in [0.3, 0.4) is 0 Å². The van der Waals surface area contributed by atoms with E-state index in [9.17, 15) is 9.59 Å². The quantitative estimate of drug-likeness (QED) is 0.629. The molecule has 0 aliphatic heterocycles. The van der Waals surface area contributed by atoms with Gasteiger partial charge in [-0.15, -0.1) is 0 Å². The second kappa shape index (κ2) is 7.92. The molecule has 0 heterocycles. The molecule has 6 heteroatoms. The molecule has 2 amide bonds. The molecule has 0 aliphatic rings. The molecule has 0 saturated carbocycles. The summed E-state index contributed by atoms with van der Waals surface area (Å²) < 4.78 is 0. The maximum Gasteiger partial charge on any atom is 0.326 e. The molecule has 18 heavy (non-hydrogen) atoms. The Hall–Kier alpha value is -1.30. The van der Waals surface area contributed by atoms with Gasteiger partial charge in [0.15, 0.2) is 0 Å². The van der Waals surface area contributed by atoms with E-state index in [2.05, 4.69) is 10.6 Å². The lowest BCUT2D eigenvalue weighted by molar-refractivity contribution is -0.139. The molecule has 2 atom stereocenters. The number of hydrogen-bond donors (Lipinski definition) is 3. The van der Waals surface area contributed by atoms with Gasteiger partial charge in [-0.25, -0.2) is 9.59 Å². The maximum atomic E-state index is 11.6. The molecule has 106 valence electrons. The Labute approximate surface area is 109 Å². The number of carbonyl (C=O) groups is 2. The predicted octanol–water partition coefficient (Wildman–Crippen LogP) is 0.735. The highest BCUT2D eigenvalue weighted by Crippen LogP contribution is 2.04. The van der Waals surface area contributed by atoms with Crippen molar-refractivity contribution in [3.05, 3.63) is 0 Å². The van der Waals surface area contributed by atoms with Crippen molar-refractivity contribution in [2.45, 2.75) is 39.3 Å². The Morgan fingerprint density at radius 1 is 1.22 bits per heavy atom. The fraction of sp³-hybridized carbons (Fsp3) is 0.833. The molecule has 0 radical (unpaired) electrons. The van der Waals surface area contributed by atoms with Crippen molar-refractivity contribution in [3.8, 4) is 0 Å². The Balaban J connectivity index is 4.14. The number of likely N-dealkylation sites (N-methyl/N-ethyl adjacent to an activating group) is 1. The highest BCUT2D eigenvalue weighted by atomic mass is 16.4. The molecular weight excluding hydrogens is 234 g/mol. The van der Waals surface area contributed by atoms with Crippen LogP contribution in [-0.4, -0.2) is 54.7 Å². The van der Waals surface area contributed by atoms with E-state index < -0.39 is 18.0 Å². The topological polar surface area (TPSA) is 81.7 Å². The number of carboxylic acid groups (broad SMARTS) is 1. The van der Waals surface area contributed by atoms with Crippen LogP contribution in [0.2, 0.25) is 0 Å². The summed E-state index contributed by atoms with van der Waals surface area (Å²) in [6.45, 7) is 6.29. The van der Waals surface area contributed by atoms with Crippen LogP contribution in [0, 0.1) is 5.92 Å². The summed E-state index contributed by atoms with van der Waals surface area (Å²) >= 11 is 0. The van der Waals surface area contributed by atoms with Crippen molar-refractivity contribution in [2.24, 2.45) is 5.92 Å². The van der Waals surface area contributed by atoms with Gasteiger partial charge in [-0.2, -0.15) is 0 Å². The summed E-state index contributed by atoms with van der Waals surface area (Å²) in [5.74, 6) is -0.786. The van der Waals surface area contributed by atoms with Crippen molar-refractivity contribution in [1.82, 2.24) is 15.5 Å². The fourth-order valence-corrected chi connectivity index (χ4v) is 1.33. The van der Waals surface area contributed by atoms with E-state index in [0.29, 0.717) is 13.0 Å². The van der Waals surface area contributed by atoms with Gasteiger partial charge in [-0.1, -0.05) is 13.8 Å². The molecule has 0 aromatic heterocycles. The van der Waals surface area contributed by atoms with Gasteiger partial charge in [-0.3, -0.25) is 0 Å². The van der Waals surface area contributed by atoms with Crippen molar-refractivity contribution in [3.63, 3.8) is 0 Å². The van der Waals surface area contributed by atoms with E-state index in [0.717, 1.165) is 0 Å². The highest BCUT2D eigenvalue weighted by molar-refractivity contribution is 5.82. The molecule has 0 aromatic rings. The number of aliphatic carboxylic acids is 1. The van der Waals surface area contributed by atoms with Crippen LogP contribution in [0.1, 0.15) is 27.2 Å². The minimum Gasteiger partial charge on any atom is -0.480 e. The monoisotopic (exact) mass is 259 g/mol. The lowest BCUT2D eigenvalue weighted by atomic mass is 10.0. The Kier molecular flexibility index (Phi) is 7.35. The molecule has 0 aromatic carbocycles. The highest BCUT2D eigenvalue weighted by Gasteiger charge is 2.21. The van der Waals surface area contributed by atoms with E-state index in [1.807, 2.05) is 39.8 Å². The van der Waals surface area contributed by atoms with Crippen molar-refractivity contribution in [1.29, 1.82) is 0 Å². The molecule has 0 saturated heterocycles. The number of hydrogen-bond acceptors (Lipinski definition) is 3. The van der Waals surface area contributed by atoms with E-state index in [1.54, 1.807) is 0 Å². The zero-order valence-corrected chi connectivity index (χ0v) is 11.9. The average Bonchev–Trinajstić information content (AvgIpc) is 2.23. The van der Waals surface area contributed by atoms with Crippen LogP contribution in [-0.2, 0) is 4.79 Å². The molecule has 6 nitrogen and oxygen atoms in total. The van der Waals surface area contributed by atoms with E-state index in [1.165, 1.54) is 0 Å². The van der Waals surface area contributed by atoms with Gasteiger partial charge in [0.05, 0.1) is 0 Å². The van der Waals surface area contributed by atoms with Crippen molar-refractivity contribution >= 4 is 12.0 Å². The summed E-state index contributed by atoms with van der Waals surface area (Å²) in [5.41, 5.74) is 0. The third kappa shape index (κ3) is 7.11. The number of carbonyl (C=O) groups excluding carboxylic acids is 1. The number of amides is 2. The third-order valence-electron chi connectivity index (χ3n) is 2.75. The van der Waals surface area contributed by atoms with E-state index in [-0.39, 0.29) is 12.0 Å². The molecule has 0 spiro atoms. The van der Waals surface area contributed by atoms with Gasteiger partial charge in [0.1, 0.15) is 6.04 Å². The largest absolute Gasteiger partial charge is 0.480 e. The Morgan fingerprint density at radius 3 is 2.17 bits per heavy atom. The Bertz CT molecular complexity index is 280. The second-order valence-corrected chi connectivity index (χ2v) is 5.19. The van der Waals surface area contributed by atoms with Crippen molar-refractivity contribution < 1.29 is 14.7 Å². The van der Waals surface area contributed by atoms with Gasteiger partial charge in [-0.05, 0) is 33.4 Å². The van der Waals surface area contributed by atoms with Crippen LogP contribution in [0.4, 0.5) is 4.79 Å². The predicted molar refractivity (Wildman–Crippen MR) is 70.6 cm³/mol. The summed E-state index contributed by atoms with van der Waals surface area (Å²) in [6, 6.07) is -1.07. The number of nitrogens with one attached hydrogen (secondary N) is 2. The lowest BCUT2D eigenvalue weighted by Crippen LogP contribution is -2.49. The first-order valence-corrected chi connectivity index (χ1v) is 6.17. The van der Waals surface area contributed by atoms with Crippen LogP contribution in [0.25, 0.3) is 0 Å². The van der Waals surface area contributed by atoms with E-state index >= 15 is 0 Å². The lowest BCUT2D eigenvalue weighted by Gasteiger charge is -2.21. The minimum atomic E-state index is -1.00. The summed E-state index contributed by atoms with van der Waals surface area (Å²) in [4.78, 5) is 24.5. The van der Waals surface area contributed by atoms with Crippen molar-refractivity contribution in [2.75, 3.05) is 20.6 Å². The summed E-state index contributed by atoms with van der Waals surface area (Å²) in [5, 5.41) is 14.1. The zero-order chi connectivity index (χ0) is 14.3. The van der Waals surface area contributed by atoms with Gasteiger partial charge in [0.2, 0.25) is 0 Å². The van der Waals surface area contributed by atoms with Crippen LogP contribution < -0.4 is 10.6 Å². The summed E-state index contributed by atoms with van der Waals surface area (Å²) in [6.07, 6.45) is 0.423. The summed E-state index contributed by atoms with van der Waals surface area (Å²) in [7, 11) is 3.84. The first-order chi connectivity index (χ1) is 8.23. The normalized spacial score (nSPS) is 14.4. The van der Waals surface area contributed by atoms with Crippen LogP contribution >= 0.6 is 0 Å². The van der Waals surface area contributed by atoms with Gasteiger partial charge < -0.3 is 20.6 Å². The van der Waals surface area contributed by atoms with Gasteiger partial charge >= 0.3 is 12.0 Å². The van der Waals surface area contributed by atoms with E-state index in [4.69, 9.17) is 5.11 Å². The van der Waals surface area contributed by atoms with Gasteiger partial charge in [0, 0.05) is 12.6 Å². The molecule has 0 rings (SSSR count). The molecule has 3 N–H and O–H groups in total. The number of rotatable bonds is 7. The second-order valence-electron chi connectivity index (χ2n) is 5.19. The SMILES string of the molecule is CC(C)CC(NC(=O)NCC(C)N(C)C)C(=O)O. The zero-order valence-electron chi connectivity index (χ0n) is 11.9.